The van der Waals surface area contributed by atoms with Crippen molar-refractivity contribution < 1.29 is 14.4 Å². The summed E-state index contributed by atoms with van der Waals surface area (Å²) in [5, 5.41) is 3.86. The fourth-order valence-corrected chi connectivity index (χ4v) is 5.67. The lowest BCUT2D eigenvalue weighted by Gasteiger charge is -2.48. The molecule has 216 valence electrons. The van der Waals surface area contributed by atoms with Gasteiger partial charge >= 0.3 is 0 Å². The van der Waals surface area contributed by atoms with Crippen molar-refractivity contribution in [2.24, 2.45) is 16.5 Å². The summed E-state index contributed by atoms with van der Waals surface area (Å²) >= 11 is 12.3. The summed E-state index contributed by atoms with van der Waals surface area (Å²) in [4.78, 5) is 47.4. The van der Waals surface area contributed by atoms with Gasteiger partial charge in [-0.2, -0.15) is 0 Å². The molecule has 1 saturated heterocycles. The Labute approximate surface area is 245 Å². The summed E-state index contributed by atoms with van der Waals surface area (Å²) in [6.07, 6.45) is 1.57. The third kappa shape index (κ3) is 8.35. The minimum atomic E-state index is -0.750. The fourth-order valence-electron chi connectivity index (χ4n) is 5.17. The van der Waals surface area contributed by atoms with Crippen molar-refractivity contribution in [1.29, 1.82) is 0 Å². The Morgan fingerprint density at radius 2 is 1.77 bits per heavy atom. The van der Waals surface area contributed by atoms with Gasteiger partial charge in [-0.3, -0.25) is 14.4 Å². The van der Waals surface area contributed by atoms with Crippen molar-refractivity contribution >= 4 is 46.9 Å². The summed E-state index contributed by atoms with van der Waals surface area (Å²) in [5.41, 5.74) is 13.2. The number of nitrogens with two attached hydrogens (primary N) is 2. The highest BCUT2D eigenvalue weighted by Crippen LogP contribution is 2.26. The molecule has 5 N–H and O–H groups in total. The first kappa shape index (κ1) is 31.2. The number of amides is 3. The van der Waals surface area contributed by atoms with Crippen LogP contribution >= 0.6 is 23.2 Å². The van der Waals surface area contributed by atoms with Gasteiger partial charge in [-0.1, -0.05) is 66.5 Å². The second-order valence-corrected chi connectivity index (χ2v) is 11.0. The molecule has 11 heteroatoms. The summed E-state index contributed by atoms with van der Waals surface area (Å²) in [5.74, 6) is -0.665. The number of benzene rings is 2. The number of rotatable bonds is 10. The van der Waals surface area contributed by atoms with Crippen molar-refractivity contribution in [1.82, 2.24) is 15.1 Å². The fraction of sp³-hybridized carbons (Fsp3) is 0.448. The Bertz CT molecular complexity index is 1220. The number of carbonyl (C=O) groups excluding carboxylic acids is 3. The molecule has 40 heavy (non-hydrogen) atoms. The SMILES string of the molecule is CC[C@H](N=C(N)N)C1CN(C(=O)C(Cc2ccccc2)NC(C)=O)C(C)CN1C(=O)CCc1ccc(Cl)cc1Cl. The van der Waals surface area contributed by atoms with Crippen molar-refractivity contribution in [3.63, 3.8) is 0 Å². The first-order valence-electron chi connectivity index (χ1n) is 13.4. The van der Waals surface area contributed by atoms with Crippen LogP contribution < -0.4 is 16.8 Å². The van der Waals surface area contributed by atoms with E-state index in [2.05, 4.69) is 10.3 Å². The number of nitrogens with one attached hydrogen (secondary N) is 1. The van der Waals surface area contributed by atoms with Gasteiger partial charge in [0.2, 0.25) is 17.7 Å². The lowest BCUT2D eigenvalue weighted by Crippen LogP contribution is -2.65. The van der Waals surface area contributed by atoms with Gasteiger partial charge in [0.15, 0.2) is 5.96 Å². The van der Waals surface area contributed by atoms with Gasteiger partial charge in [-0.05, 0) is 43.0 Å². The zero-order chi connectivity index (χ0) is 29.4. The maximum atomic E-state index is 13.9. The maximum absolute atomic E-state index is 13.9. The average molecular weight is 590 g/mol. The van der Waals surface area contributed by atoms with E-state index in [0.29, 0.717) is 35.9 Å². The van der Waals surface area contributed by atoms with Gasteiger partial charge in [0.25, 0.3) is 0 Å². The third-order valence-corrected chi connectivity index (χ3v) is 7.73. The Morgan fingerprint density at radius 3 is 2.38 bits per heavy atom. The normalized spacial score (nSPS) is 18.5. The molecule has 0 aliphatic carbocycles. The first-order chi connectivity index (χ1) is 19.0. The minimum Gasteiger partial charge on any atom is -0.370 e. The minimum absolute atomic E-state index is 0.0797. The number of hydrogen-bond acceptors (Lipinski definition) is 4. The van der Waals surface area contributed by atoms with E-state index in [9.17, 15) is 14.4 Å². The van der Waals surface area contributed by atoms with E-state index in [0.717, 1.165) is 11.1 Å². The monoisotopic (exact) mass is 588 g/mol. The van der Waals surface area contributed by atoms with Crippen LogP contribution in [-0.2, 0) is 27.2 Å². The molecule has 1 aliphatic rings. The molecule has 2 aromatic rings. The number of halogens is 2. The summed E-state index contributed by atoms with van der Waals surface area (Å²) in [6, 6.07) is 12.8. The Balaban J connectivity index is 1.85. The van der Waals surface area contributed by atoms with E-state index in [1.807, 2.05) is 50.2 Å². The predicted molar refractivity (Wildman–Crippen MR) is 159 cm³/mol. The van der Waals surface area contributed by atoms with Crippen LogP contribution in [0.1, 0.15) is 44.7 Å². The second kappa shape index (κ2) is 14.4. The molecule has 0 saturated carbocycles. The topological polar surface area (TPSA) is 134 Å². The van der Waals surface area contributed by atoms with Crippen LogP contribution in [0.3, 0.4) is 0 Å². The van der Waals surface area contributed by atoms with E-state index in [-0.39, 0.29) is 42.7 Å². The summed E-state index contributed by atoms with van der Waals surface area (Å²) < 4.78 is 0. The highest BCUT2D eigenvalue weighted by Gasteiger charge is 2.41. The number of nitrogens with zero attached hydrogens (tertiary/aromatic N) is 3. The van der Waals surface area contributed by atoms with Crippen LogP contribution in [0, 0.1) is 0 Å². The van der Waals surface area contributed by atoms with Crippen LogP contribution in [-0.4, -0.2) is 70.7 Å². The molecule has 1 aliphatic heterocycles. The molecule has 3 amide bonds. The molecule has 0 spiro atoms. The van der Waals surface area contributed by atoms with Gasteiger partial charge in [0.05, 0.1) is 12.1 Å². The van der Waals surface area contributed by atoms with E-state index in [1.54, 1.807) is 21.9 Å². The molecule has 0 bridgehead atoms. The lowest BCUT2D eigenvalue weighted by atomic mass is 9.96. The van der Waals surface area contributed by atoms with Gasteiger partial charge in [0.1, 0.15) is 6.04 Å². The highest BCUT2D eigenvalue weighted by molar-refractivity contribution is 6.35. The van der Waals surface area contributed by atoms with Crippen LogP contribution in [0.4, 0.5) is 0 Å². The quantitative estimate of drug-likeness (QED) is 0.289. The van der Waals surface area contributed by atoms with E-state index < -0.39 is 18.1 Å². The van der Waals surface area contributed by atoms with Gasteiger partial charge in [0, 0.05) is 48.9 Å². The largest absolute Gasteiger partial charge is 0.370 e. The Morgan fingerprint density at radius 1 is 1.07 bits per heavy atom. The van der Waals surface area contributed by atoms with E-state index in [4.69, 9.17) is 34.7 Å². The van der Waals surface area contributed by atoms with Crippen LogP contribution in [0.2, 0.25) is 10.0 Å². The summed E-state index contributed by atoms with van der Waals surface area (Å²) in [6.45, 7) is 5.77. The summed E-state index contributed by atoms with van der Waals surface area (Å²) in [7, 11) is 0. The number of guanidine groups is 1. The predicted octanol–water partition coefficient (Wildman–Crippen LogP) is 3.15. The number of aryl methyl sites for hydroxylation is 1. The van der Waals surface area contributed by atoms with Gasteiger partial charge in [-0.15, -0.1) is 0 Å². The van der Waals surface area contributed by atoms with Crippen LogP contribution in [0.5, 0.6) is 0 Å². The zero-order valence-electron chi connectivity index (χ0n) is 23.1. The number of carbonyl (C=O) groups is 3. The number of aliphatic imine (C=N–C) groups is 1. The Kier molecular flexibility index (Phi) is 11.2. The van der Waals surface area contributed by atoms with Crippen molar-refractivity contribution in [3.8, 4) is 0 Å². The Hall–Kier alpha value is -3.30. The molecular weight excluding hydrogens is 551 g/mol. The molecule has 9 nitrogen and oxygen atoms in total. The number of piperazine rings is 1. The zero-order valence-corrected chi connectivity index (χ0v) is 24.7. The molecule has 3 rings (SSSR count). The van der Waals surface area contributed by atoms with Crippen molar-refractivity contribution in [2.45, 2.75) is 70.6 Å². The molecule has 0 aromatic heterocycles. The van der Waals surface area contributed by atoms with Crippen molar-refractivity contribution in [2.75, 3.05) is 13.1 Å². The second-order valence-electron chi connectivity index (χ2n) is 10.2. The molecular formula is C29H38Cl2N6O3. The average Bonchev–Trinajstić information content (AvgIpc) is 2.90. The lowest BCUT2D eigenvalue weighted by molar-refractivity contribution is -0.149. The van der Waals surface area contributed by atoms with E-state index in [1.165, 1.54) is 6.92 Å². The standard InChI is InChI=1S/C29H38Cl2N6O3/c1-4-24(35-29(32)33)26-17-36(28(40)25(34-19(3)38)14-20-8-6-5-7-9-20)18(2)16-37(26)27(39)13-11-21-10-12-22(30)15-23(21)31/h5-10,12,15,18,24-26H,4,11,13-14,16-17H2,1-3H3,(H,34,38)(H4,32,33,35)/t18?,24-,25?,26?/m0/s1. The van der Waals surface area contributed by atoms with Gasteiger partial charge in [-0.25, -0.2) is 4.99 Å². The van der Waals surface area contributed by atoms with Crippen molar-refractivity contribution in [3.05, 3.63) is 69.7 Å². The van der Waals surface area contributed by atoms with Crippen LogP contribution in [0.15, 0.2) is 53.5 Å². The smallest absolute Gasteiger partial charge is 0.245 e. The molecule has 0 radical (unpaired) electrons. The van der Waals surface area contributed by atoms with Crippen LogP contribution in [0.25, 0.3) is 0 Å². The number of hydrogen-bond donors (Lipinski definition) is 3. The third-order valence-electron chi connectivity index (χ3n) is 7.14. The molecule has 2 aromatic carbocycles. The molecule has 3 unspecified atom stereocenters. The highest BCUT2D eigenvalue weighted by atomic mass is 35.5. The first-order valence-corrected chi connectivity index (χ1v) is 14.2. The van der Waals surface area contributed by atoms with Gasteiger partial charge < -0.3 is 26.6 Å². The molecule has 1 heterocycles. The molecule has 4 atom stereocenters. The maximum Gasteiger partial charge on any atom is 0.245 e. The van der Waals surface area contributed by atoms with E-state index >= 15 is 0 Å². The molecule has 1 fully saturated rings.